The van der Waals surface area contributed by atoms with Crippen LogP contribution in [0, 0.1) is 0 Å². The summed E-state index contributed by atoms with van der Waals surface area (Å²) in [5.41, 5.74) is 5.37. The topological polar surface area (TPSA) is 205 Å². The van der Waals surface area contributed by atoms with Crippen LogP contribution in [0.25, 0.3) is 0 Å². The summed E-state index contributed by atoms with van der Waals surface area (Å²) in [4.78, 5) is 0. The van der Waals surface area contributed by atoms with E-state index in [9.17, 15) is 35.7 Å². The first-order chi connectivity index (χ1) is 12.8. The molecular formula is C15H29NO11. The van der Waals surface area contributed by atoms with Gasteiger partial charge in [0.2, 0.25) is 0 Å². The van der Waals surface area contributed by atoms with E-state index in [0.29, 0.717) is 13.0 Å². The van der Waals surface area contributed by atoms with Gasteiger partial charge in [0.05, 0.1) is 19.8 Å². The molecule has 0 bridgehead atoms. The summed E-state index contributed by atoms with van der Waals surface area (Å²) in [7, 11) is 0. The molecule has 0 spiro atoms. The van der Waals surface area contributed by atoms with Crippen LogP contribution in [-0.2, 0) is 18.9 Å². The number of hydrogen-bond donors (Lipinski definition) is 8. The Balaban J connectivity index is 2.10. The molecule has 0 saturated carbocycles. The first kappa shape index (κ1) is 22.8. The summed E-state index contributed by atoms with van der Waals surface area (Å²) in [6.07, 6.45) is -14.1. The van der Waals surface area contributed by atoms with Crippen molar-refractivity contribution < 1.29 is 54.7 Å². The molecule has 2 aliphatic heterocycles. The Kier molecular flexibility index (Phi) is 8.73. The highest BCUT2D eigenvalue weighted by molar-refractivity contribution is 4.94. The van der Waals surface area contributed by atoms with Gasteiger partial charge in [-0.2, -0.15) is 0 Å². The SMILES string of the molecule is NCCCO[C@@H]1O[C@H](CO)[C@H](O)[C@H](O[C@H]2O[C@H](CO)[C@H](O)[C@H](O)[C@H]2O)[C@H]1O. The fourth-order valence-corrected chi connectivity index (χ4v) is 2.97. The second-order valence-electron chi connectivity index (χ2n) is 6.52. The zero-order chi connectivity index (χ0) is 20.1. The highest BCUT2D eigenvalue weighted by Crippen LogP contribution is 2.29. The zero-order valence-corrected chi connectivity index (χ0v) is 14.6. The summed E-state index contributed by atoms with van der Waals surface area (Å²) in [5.74, 6) is 0. The number of nitrogens with two attached hydrogens (primary N) is 1. The Bertz CT molecular complexity index is 442. The van der Waals surface area contributed by atoms with Crippen molar-refractivity contribution in [2.45, 2.75) is 67.8 Å². The molecule has 2 fully saturated rings. The lowest BCUT2D eigenvalue weighted by Gasteiger charge is -2.45. The molecule has 0 radical (unpaired) electrons. The normalized spacial score (nSPS) is 45.8. The van der Waals surface area contributed by atoms with Gasteiger partial charge in [-0.25, -0.2) is 0 Å². The summed E-state index contributed by atoms with van der Waals surface area (Å²) >= 11 is 0. The molecule has 0 aromatic heterocycles. The van der Waals surface area contributed by atoms with Gasteiger partial charge in [0.1, 0.15) is 48.8 Å². The molecule has 0 aliphatic carbocycles. The van der Waals surface area contributed by atoms with Gasteiger partial charge in [-0.1, -0.05) is 0 Å². The standard InChI is InChI=1S/C15H29NO11/c16-2-1-3-24-14-12(23)13(9(20)7(5-18)25-14)27-15-11(22)10(21)8(19)6(4-17)26-15/h6-15,17-23H,1-5,16H2/t6-,7-,8+,9+,10+,11-,12-,13+,14-,15-/m1/s1. The van der Waals surface area contributed by atoms with Crippen LogP contribution < -0.4 is 5.73 Å². The van der Waals surface area contributed by atoms with Gasteiger partial charge in [0, 0.05) is 0 Å². The van der Waals surface area contributed by atoms with E-state index in [1.54, 1.807) is 0 Å². The Hall–Kier alpha value is -0.480. The molecule has 2 saturated heterocycles. The molecule has 27 heavy (non-hydrogen) atoms. The predicted octanol–water partition coefficient (Wildman–Crippen LogP) is -5.02. The van der Waals surface area contributed by atoms with Crippen molar-refractivity contribution in [1.82, 2.24) is 0 Å². The first-order valence-corrected chi connectivity index (χ1v) is 8.75. The Morgan fingerprint density at radius 1 is 0.741 bits per heavy atom. The molecule has 2 rings (SSSR count). The quantitative estimate of drug-likeness (QED) is 0.181. The number of ether oxygens (including phenoxy) is 4. The third-order valence-corrected chi connectivity index (χ3v) is 4.59. The van der Waals surface area contributed by atoms with Crippen molar-refractivity contribution in [3.63, 3.8) is 0 Å². The van der Waals surface area contributed by atoms with E-state index in [1.165, 1.54) is 0 Å². The molecule has 0 unspecified atom stereocenters. The number of hydrogen-bond acceptors (Lipinski definition) is 12. The van der Waals surface area contributed by atoms with E-state index in [2.05, 4.69) is 0 Å². The Morgan fingerprint density at radius 2 is 1.33 bits per heavy atom. The van der Waals surface area contributed by atoms with Gasteiger partial charge in [0.25, 0.3) is 0 Å². The van der Waals surface area contributed by atoms with E-state index in [1.807, 2.05) is 0 Å². The van der Waals surface area contributed by atoms with Crippen LogP contribution in [-0.4, -0.2) is 124 Å². The summed E-state index contributed by atoms with van der Waals surface area (Å²) in [6, 6.07) is 0. The largest absolute Gasteiger partial charge is 0.394 e. The summed E-state index contributed by atoms with van der Waals surface area (Å²) in [5, 5.41) is 69.0. The van der Waals surface area contributed by atoms with E-state index in [0.717, 1.165) is 0 Å². The van der Waals surface area contributed by atoms with Crippen LogP contribution >= 0.6 is 0 Å². The average Bonchev–Trinajstić information content (AvgIpc) is 2.66. The Labute approximate surface area is 155 Å². The van der Waals surface area contributed by atoms with Crippen LogP contribution in [0.4, 0.5) is 0 Å². The molecular weight excluding hydrogens is 370 g/mol. The van der Waals surface area contributed by atoms with Crippen molar-refractivity contribution in [2.24, 2.45) is 5.73 Å². The third-order valence-electron chi connectivity index (χ3n) is 4.59. The monoisotopic (exact) mass is 399 g/mol. The lowest BCUT2D eigenvalue weighted by molar-refractivity contribution is -0.360. The molecule has 12 nitrogen and oxygen atoms in total. The number of aliphatic hydroxyl groups excluding tert-OH is 7. The molecule has 0 amide bonds. The van der Waals surface area contributed by atoms with Gasteiger partial charge in [-0.15, -0.1) is 0 Å². The van der Waals surface area contributed by atoms with Crippen molar-refractivity contribution in [3.05, 3.63) is 0 Å². The number of aliphatic hydroxyl groups is 7. The van der Waals surface area contributed by atoms with Gasteiger partial charge >= 0.3 is 0 Å². The molecule has 10 atom stereocenters. The van der Waals surface area contributed by atoms with Crippen LogP contribution in [0.2, 0.25) is 0 Å². The number of rotatable bonds is 8. The molecule has 0 aromatic carbocycles. The minimum Gasteiger partial charge on any atom is -0.394 e. The summed E-state index contributed by atoms with van der Waals surface area (Å²) < 4.78 is 21.3. The first-order valence-electron chi connectivity index (χ1n) is 8.75. The fraction of sp³-hybridized carbons (Fsp3) is 1.00. The maximum absolute atomic E-state index is 10.4. The van der Waals surface area contributed by atoms with E-state index < -0.39 is 74.6 Å². The van der Waals surface area contributed by atoms with Gasteiger partial charge in [-0.05, 0) is 13.0 Å². The summed E-state index contributed by atoms with van der Waals surface area (Å²) in [6.45, 7) is -0.758. The minimum atomic E-state index is -1.71. The third kappa shape index (κ3) is 5.12. The van der Waals surface area contributed by atoms with Gasteiger partial charge in [-0.3, -0.25) is 0 Å². The molecule has 160 valence electrons. The maximum atomic E-state index is 10.4. The smallest absolute Gasteiger partial charge is 0.187 e. The van der Waals surface area contributed by atoms with E-state index in [-0.39, 0.29) is 6.61 Å². The second-order valence-corrected chi connectivity index (χ2v) is 6.52. The van der Waals surface area contributed by atoms with Crippen molar-refractivity contribution in [1.29, 1.82) is 0 Å². The second kappa shape index (κ2) is 10.3. The van der Waals surface area contributed by atoms with E-state index >= 15 is 0 Å². The lowest BCUT2D eigenvalue weighted by Crippen LogP contribution is -2.64. The lowest BCUT2D eigenvalue weighted by atomic mass is 9.97. The van der Waals surface area contributed by atoms with Crippen LogP contribution in [0.15, 0.2) is 0 Å². The Morgan fingerprint density at radius 3 is 1.93 bits per heavy atom. The molecule has 12 heteroatoms. The van der Waals surface area contributed by atoms with Crippen molar-refractivity contribution >= 4 is 0 Å². The van der Waals surface area contributed by atoms with Crippen LogP contribution in [0.5, 0.6) is 0 Å². The fourth-order valence-electron chi connectivity index (χ4n) is 2.97. The van der Waals surface area contributed by atoms with Crippen LogP contribution in [0.3, 0.4) is 0 Å². The van der Waals surface area contributed by atoms with Gasteiger partial charge < -0.3 is 60.4 Å². The van der Waals surface area contributed by atoms with Crippen molar-refractivity contribution in [3.8, 4) is 0 Å². The predicted molar refractivity (Wildman–Crippen MR) is 86.0 cm³/mol. The molecule has 0 aromatic rings. The average molecular weight is 399 g/mol. The van der Waals surface area contributed by atoms with E-state index in [4.69, 9.17) is 24.7 Å². The molecule has 9 N–H and O–H groups in total. The van der Waals surface area contributed by atoms with Crippen LogP contribution in [0.1, 0.15) is 6.42 Å². The molecule has 2 heterocycles. The minimum absolute atomic E-state index is 0.152. The highest BCUT2D eigenvalue weighted by atomic mass is 16.7. The molecule has 2 aliphatic rings. The van der Waals surface area contributed by atoms with Gasteiger partial charge in [0.15, 0.2) is 12.6 Å². The van der Waals surface area contributed by atoms with Crippen molar-refractivity contribution in [2.75, 3.05) is 26.4 Å². The highest BCUT2D eigenvalue weighted by Gasteiger charge is 2.50. The maximum Gasteiger partial charge on any atom is 0.187 e. The zero-order valence-electron chi connectivity index (χ0n) is 14.6.